The number of alkyl carbamates (subject to hydrolysis) is 1. The molecule has 0 spiro atoms. The first-order chi connectivity index (χ1) is 16.6. The minimum absolute atomic E-state index is 0.155. The molecule has 0 aliphatic rings. The summed E-state index contributed by atoms with van der Waals surface area (Å²) in [6, 6.07) is 9.36. The first-order valence-corrected chi connectivity index (χ1v) is 11.8. The van der Waals surface area contributed by atoms with E-state index in [1.54, 1.807) is 39.8 Å². The van der Waals surface area contributed by atoms with Crippen molar-refractivity contribution in [3.8, 4) is 16.9 Å². The second kappa shape index (κ2) is 12.9. The van der Waals surface area contributed by atoms with Crippen LogP contribution in [0, 0.1) is 12.7 Å². The van der Waals surface area contributed by atoms with Crippen LogP contribution in [-0.4, -0.2) is 30.9 Å². The van der Waals surface area contributed by atoms with Crippen molar-refractivity contribution >= 4 is 12.1 Å². The zero-order valence-electron chi connectivity index (χ0n) is 21.3. The standard InChI is InChI=1S/C28H36FNO5/c1-7-9-10-16-34-24-13-11-12-19(3)26(24)20-14-15-22(29)21(17-20)23(18-25(31)33-8-2)30-27(32)35-28(4,5)6/h7,11-15,17,23H,1,8-10,16,18H2,2-6H3,(H,30,32)/t23-/m0/s1. The fourth-order valence-corrected chi connectivity index (χ4v) is 3.58. The molecule has 0 fully saturated rings. The number of benzene rings is 2. The molecule has 0 aliphatic heterocycles. The number of aryl methyl sites for hydroxylation is 1. The van der Waals surface area contributed by atoms with Crippen LogP contribution in [-0.2, 0) is 14.3 Å². The number of allylic oxidation sites excluding steroid dienone is 1. The Bertz CT molecular complexity index is 1030. The molecule has 0 bridgehead atoms. The van der Waals surface area contributed by atoms with E-state index in [-0.39, 0.29) is 18.6 Å². The van der Waals surface area contributed by atoms with Gasteiger partial charge in [0.1, 0.15) is 17.2 Å². The highest BCUT2D eigenvalue weighted by molar-refractivity contribution is 5.76. The predicted molar refractivity (Wildman–Crippen MR) is 135 cm³/mol. The fourth-order valence-electron chi connectivity index (χ4n) is 3.58. The predicted octanol–water partition coefficient (Wildman–Crippen LogP) is 6.67. The van der Waals surface area contributed by atoms with Crippen molar-refractivity contribution in [3.05, 3.63) is 66.0 Å². The van der Waals surface area contributed by atoms with Gasteiger partial charge in [-0.25, -0.2) is 9.18 Å². The van der Waals surface area contributed by atoms with E-state index in [0.717, 1.165) is 24.0 Å². The van der Waals surface area contributed by atoms with Crippen molar-refractivity contribution in [1.82, 2.24) is 5.32 Å². The quantitative estimate of drug-likeness (QED) is 0.219. The van der Waals surface area contributed by atoms with E-state index < -0.39 is 29.5 Å². The number of halogens is 1. The molecule has 190 valence electrons. The number of nitrogens with one attached hydrogen (secondary N) is 1. The first kappa shape index (κ1) is 27.9. The van der Waals surface area contributed by atoms with Crippen molar-refractivity contribution in [1.29, 1.82) is 0 Å². The van der Waals surface area contributed by atoms with Crippen LogP contribution in [0.4, 0.5) is 9.18 Å². The Kier molecular flexibility index (Phi) is 10.3. The number of ether oxygens (including phenoxy) is 3. The molecular weight excluding hydrogens is 449 g/mol. The number of carbonyl (C=O) groups is 2. The molecule has 0 aliphatic carbocycles. The zero-order valence-corrected chi connectivity index (χ0v) is 21.3. The summed E-state index contributed by atoms with van der Waals surface area (Å²) in [5, 5.41) is 2.63. The van der Waals surface area contributed by atoms with Crippen LogP contribution in [0.3, 0.4) is 0 Å². The maximum absolute atomic E-state index is 15.1. The third kappa shape index (κ3) is 8.74. The fraction of sp³-hybridized carbons (Fsp3) is 0.429. The van der Waals surface area contributed by atoms with Gasteiger partial charge in [0.2, 0.25) is 0 Å². The van der Waals surface area contributed by atoms with Crippen LogP contribution in [0.15, 0.2) is 49.1 Å². The van der Waals surface area contributed by atoms with Gasteiger partial charge >= 0.3 is 12.1 Å². The highest BCUT2D eigenvalue weighted by Crippen LogP contribution is 2.36. The number of rotatable bonds is 11. The lowest BCUT2D eigenvalue weighted by molar-refractivity contribution is -0.143. The second-order valence-electron chi connectivity index (χ2n) is 9.17. The van der Waals surface area contributed by atoms with Crippen molar-refractivity contribution in [2.75, 3.05) is 13.2 Å². The molecule has 0 saturated carbocycles. The van der Waals surface area contributed by atoms with E-state index in [1.165, 1.54) is 6.07 Å². The molecule has 1 amide bonds. The molecule has 35 heavy (non-hydrogen) atoms. The van der Waals surface area contributed by atoms with Crippen LogP contribution in [0.5, 0.6) is 5.75 Å². The maximum atomic E-state index is 15.1. The Balaban J connectivity index is 2.45. The molecule has 0 heterocycles. The van der Waals surface area contributed by atoms with Crippen molar-refractivity contribution in [2.45, 2.75) is 65.5 Å². The molecule has 2 rings (SSSR count). The van der Waals surface area contributed by atoms with Crippen LogP contribution in [0.1, 0.15) is 64.1 Å². The molecule has 0 unspecified atom stereocenters. The Labute approximate surface area is 207 Å². The molecule has 0 radical (unpaired) electrons. The lowest BCUT2D eigenvalue weighted by Gasteiger charge is -2.24. The van der Waals surface area contributed by atoms with Crippen molar-refractivity contribution < 1.29 is 28.2 Å². The van der Waals surface area contributed by atoms with Gasteiger partial charge in [0.25, 0.3) is 0 Å². The van der Waals surface area contributed by atoms with Crippen molar-refractivity contribution in [2.24, 2.45) is 0 Å². The minimum atomic E-state index is -0.982. The molecule has 7 heteroatoms. The number of esters is 1. The first-order valence-electron chi connectivity index (χ1n) is 11.8. The largest absolute Gasteiger partial charge is 0.493 e. The van der Waals surface area contributed by atoms with Gasteiger partial charge in [-0.05, 0) is 76.8 Å². The summed E-state index contributed by atoms with van der Waals surface area (Å²) < 4.78 is 31.5. The van der Waals surface area contributed by atoms with E-state index in [4.69, 9.17) is 14.2 Å². The average Bonchev–Trinajstić information content (AvgIpc) is 2.76. The van der Waals surface area contributed by atoms with Gasteiger partial charge in [-0.1, -0.05) is 24.3 Å². The number of hydrogen-bond acceptors (Lipinski definition) is 5. The summed E-state index contributed by atoms with van der Waals surface area (Å²) >= 11 is 0. The van der Waals surface area contributed by atoms with Crippen LogP contribution in [0.2, 0.25) is 0 Å². The van der Waals surface area contributed by atoms with Gasteiger partial charge in [-0.15, -0.1) is 6.58 Å². The highest BCUT2D eigenvalue weighted by Gasteiger charge is 2.26. The SMILES string of the molecule is C=CCCCOc1cccc(C)c1-c1ccc(F)c([C@H](CC(=O)OCC)NC(=O)OC(C)(C)C)c1. The summed E-state index contributed by atoms with van der Waals surface area (Å²) in [6.45, 7) is 13.2. The van der Waals surface area contributed by atoms with Gasteiger partial charge in [-0.3, -0.25) is 4.79 Å². The third-order valence-corrected chi connectivity index (χ3v) is 5.07. The molecule has 0 saturated heterocycles. The summed E-state index contributed by atoms with van der Waals surface area (Å²) in [5.41, 5.74) is 1.88. The van der Waals surface area contributed by atoms with E-state index in [2.05, 4.69) is 11.9 Å². The van der Waals surface area contributed by atoms with Gasteiger partial charge < -0.3 is 19.5 Å². The zero-order chi connectivity index (χ0) is 26.0. The number of amides is 1. The number of hydrogen-bond donors (Lipinski definition) is 1. The molecule has 6 nitrogen and oxygen atoms in total. The van der Waals surface area contributed by atoms with Crippen LogP contribution < -0.4 is 10.1 Å². The molecule has 2 aromatic rings. The highest BCUT2D eigenvalue weighted by atomic mass is 19.1. The molecule has 1 N–H and O–H groups in total. The second-order valence-corrected chi connectivity index (χ2v) is 9.17. The third-order valence-electron chi connectivity index (χ3n) is 5.07. The van der Waals surface area contributed by atoms with E-state index >= 15 is 4.39 Å². The average molecular weight is 486 g/mol. The van der Waals surface area contributed by atoms with Gasteiger partial charge in [0.15, 0.2) is 0 Å². The van der Waals surface area contributed by atoms with E-state index in [1.807, 2.05) is 31.2 Å². The summed E-state index contributed by atoms with van der Waals surface area (Å²) in [5.74, 6) is -0.435. The van der Waals surface area contributed by atoms with E-state index in [9.17, 15) is 9.59 Å². The number of unbranched alkanes of at least 4 members (excludes halogenated alkanes) is 1. The maximum Gasteiger partial charge on any atom is 0.408 e. The monoisotopic (exact) mass is 485 g/mol. The summed E-state index contributed by atoms with van der Waals surface area (Å²) in [4.78, 5) is 24.8. The Morgan fingerprint density at radius 3 is 2.60 bits per heavy atom. The minimum Gasteiger partial charge on any atom is -0.493 e. The molecular formula is C28H36FNO5. The number of carbonyl (C=O) groups excluding carboxylic acids is 2. The summed E-state index contributed by atoms with van der Waals surface area (Å²) in [7, 11) is 0. The lowest BCUT2D eigenvalue weighted by Crippen LogP contribution is -2.36. The molecule has 2 aromatic carbocycles. The molecule has 0 aromatic heterocycles. The Morgan fingerprint density at radius 2 is 1.94 bits per heavy atom. The normalized spacial score (nSPS) is 11.9. The van der Waals surface area contributed by atoms with Crippen LogP contribution >= 0.6 is 0 Å². The van der Waals surface area contributed by atoms with Gasteiger partial charge in [-0.2, -0.15) is 0 Å². The van der Waals surface area contributed by atoms with Crippen molar-refractivity contribution in [3.63, 3.8) is 0 Å². The van der Waals surface area contributed by atoms with Gasteiger partial charge in [0, 0.05) is 11.1 Å². The smallest absolute Gasteiger partial charge is 0.408 e. The van der Waals surface area contributed by atoms with Crippen LogP contribution in [0.25, 0.3) is 11.1 Å². The molecule has 1 atom stereocenters. The Hall–Kier alpha value is -3.35. The van der Waals surface area contributed by atoms with Gasteiger partial charge in [0.05, 0.1) is 25.7 Å². The summed E-state index contributed by atoms with van der Waals surface area (Å²) in [6.07, 6.45) is 2.51. The Morgan fingerprint density at radius 1 is 1.20 bits per heavy atom. The van der Waals surface area contributed by atoms with E-state index in [0.29, 0.717) is 17.9 Å². The lowest BCUT2D eigenvalue weighted by atomic mass is 9.94. The topological polar surface area (TPSA) is 73.9 Å².